The molecule has 0 bridgehead atoms. The lowest BCUT2D eigenvalue weighted by Gasteiger charge is -2.12. The van der Waals surface area contributed by atoms with Crippen LogP contribution in [0.25, 0.3) is 0 Å². The molecule has 0 saturated carbocycles. The summed E-state index contributed by atoms with van der Waals surface area (Å²) in [6.07, 6.45) is 0. The molecule has 0 amide bonds. The van der Waals surface area contributed by atoms with Crippen molar-refractivity contribution in [2.75, 3.05) is 7.05 Å². The molecule has 2 aromatic carbocycles. The van der Waals surface area contributed by atoms with Gasteiger partial charge in [0.1, 0.15) is 12.4 Å². The summed E-state index contributed by atoms with van der Waals surface area (Å²) in [5, 5.41) is 3.77. The van der Waals surface area contributed by atoms with Gasteiger partial charge in [0, 0.05) is 11.0 Å². The number of hydrogen-bond acceptors (Lipinski definition) is 2. The van der Waals surface area contributed by atoms with Crippen molar-refractivity contribution in [2.45, 2.75) is 13.2 Å². The van der Waals surface area contributed by atoms with Gasteiger partial charge in [-0.05, 0) is 36.4 Å². The number of nitrogens with one attached hydrogen (secondary N) is 1. The Kier molecular flexibility index (Phi) is 5.25. The van der Waals surface area contributed by atoms with Crippen molar-refractivity contribution in [2.24, 2.45) is 0 Å². The number of rotatable bonds is 5. The summed E-state index contributed by atoms with van der Waals surface area (Å²) in [4.78, 5) is 0. The lowest BCUT2D eigenvalue weighted by atomic mass is 10.1. The van der Waals surface area contributed by atoms with E-state index in [9.17, 15) is 0 Å². The molecule has 2 rings (SSSR count). The van der Waals surface area contributed by atoms with E-state index in [0.29, 0.717) is 17.4 Å². The molecule has 0 aliphatic carbocycles. The first kappa shape index (κ1) is 14.4. The molecule has 0 spiro atoms. The predicted octanol–water partition coefficient (Wildman–Crippen LogP) is 4.40. The lowest BCUT2D eigenvalue weighted by Crippen LogP contribution is -2.09. The number of ether oxygens (including phenoxy) is 1. The van der Waals surface area contributed by atoms with E-state index in [-0.39, 0.29) is 0 Å². The van der Waals surface area contributed by atoms with Crippen LogP contribution in [0, 0.1) is 0 Å². The van der Waals surface area contributed by atoms with Crippen molar-refractivity contribution in [3.05, 3.63) is 63.1 Å². The van der Waals surface area contributed by atoms with E-state index in [1.807, 2.05) is 37.4 Å². The standard InChI is InChI=1S/C15H15BrClNO/c1-18-9-11-4-2-3-5-12(11)10-19-15-8-13(16)6-7-14(15)17/h2-8,18H,9-10H2,1H3. The van der Waals surface area contributed by atoms with Gasteiger partial charge in [0.25, 0.3) is 0 Å². The molecule has 0 heterocycles. The van der Waals surface area contributed by atoms with Gasteiger partial charge in [0.15, 0.2) is 0 Å². The van der Waals surface area contributed by atoms with E-state index < -0.39 is 0 Å². The summed E-state index contributed by atoms with van der Waals surface area (Å²) in [5.74, 6) is 0.690. The predicted molar refractivity (Wildman–Crippen MR) is 82.7 cm³/mol. The monoisotopic (exact) mass is 339 g/mol. The van der Waals surface area contributed by atoms with E-state index in [1.54, 1.807) is 0 Å². The summed E-state index contributed by atoms with van der Waals surface area (Å²) < 4.78 is 6.76. The van der Waals surface area contributed by atoms with Gasteiger partial charge in [-0.25, -0.2) is 0 Å². The minimum Gasteiger partial charge on any atom is -0.487 e. The first-order valence-corrected chi connectivity index (χ1v) is 7.17. The average Bonchev–Trinajstić information content (AvgIpc) is 2.42. The molecule has 4 heteroatoms. The zero-order valence-electron chi connectivity index (χ0n) is 10.6. The third-order valence-corrected chi connectivity index (χ3v) is 3.57. The van der Waals surface area contributed by atoms with Gasteiger partial charge in [0.05, 0.1) is 5.02 Å². The topological polar surface area (TPSA) is 21.3 Å². The highest BCUT2D eigenvalue weighted by atomic mass is 79.9. The summed E-state index contributed by atoms with van der Waals surface area (Å²) in [6, 6.07) is 13.8. The fraction of sp³-hybridized carbons (Fsp3) is 0.200. The summed E-state index contributed by atoms with van der Waals surface area (Å²) in [7, 11) is 1.93. The molecular formula is C15H15BrClNO. The van der Waals surface area contributed by atoms with Gasteiger partial charge in [0.2, 0.25) is 0 Å². The maximum Gasteiger partial charge on any atom is 0.139 e. The Balaban J connectivity index is 2.12. The van der Waals surface area contributed by atoms with Crippen LogP contribution in [0.5, 0.6) is 5.75 Å². The molecule has 1 N–H and O–H groups in total. The first-order chi connectivity index (χ1) is 9.20. The van der Waals surface area contributed by atoms with Crippen molar-refractivity contribution >= 4 is 27.5 Å². The van der Waals surface area contributed by atoms with Gasteiger partial charge in [-0.2, -0.15) is 0 Å². The molecule has 0 unspecified atom stereocenters. The molecule has 19 heavy (non-hydrogen) atoms. The van der Waals surface area contributed by atoms with Crippen molar-refractivity contribution < 1.29 is 4.74 Å². The Hall–Kier alpha value is -1.03. The normalized spacial score (nSPS) is 10.5. The second kappa shape index (κ2) is 6.94. The Labute approximate surface area is 126 Å². The van der Waals surface area contributed by atoms with Crippen LogP contribution in [0.4, 0.5) is 0 Å². The summed E-state index contributed by atoms with van der Waals surface area (Å²) in [6.45, 7) is 1.33. The molecule has 0 atom stereocenters. The second-order valence-corrected chi connectivity index (χ2v) is 5.49. The van der Waals surface area contributed by atoms with Gasteiger partial charge in [-0.3, -0.25) is 0 Å². The molecule has 0 aliphatic heterocycles. The highest BCUT2D eigenvalue weighted by Gasteiger charge is 2.05. The molecule has 0 saturated heterocycles. The van der Waals surface area contributed by atoms with Crippen LogP contribution >= 0.6 is 27.5 Å². The van der Waals surface area contributed by atoms with Crippen LogP contribution in [0.2, 0.25) is 5.02 Å². The molecule has 2 nitrogen and oxygen atoms in total. The van der Waals surface area contributed by atoms with E-state index in [4.69, 9.17) is 16.3 Å². The Morgan fingerprint density at radius 2 is 1.89 bits per heavy atom. The van der Waals surface area contributed by atoms with Crippen molar-refractivity contribution in [3.8, 4) is 5.75 Å². The van der Waals surface area contributed by atoms with Gasteiger partial charge in [-0.1, -0.05) is 51.8 Å². The highest BCUT2D eigenvalue weighted by molar-refractivity contribution is 9.10. The number of hydrogen-bond donors (Lipinski definition) is 1. The molecule has 0 aliphatic rings. The third kappa shape index (κ3) is 3.96. The third-order valence-electron chi connectivity index (χ3n) is 2.76. The minimum absolute atomic E-state index is 0.508. The van der Waals surface area contributed by atoms with Crippen LogP contribution in [0.1, 0.15) is 11.1 Å². The first-order valence-electron chi connectivity index (χ1n) is 6.00. The van der Waals surface area contributed by atoms with Crippen LogP contribution in [0.15, 0.2) is 46.9 Å². The number of halogens is 2. The second-order valence-electron chi connectivity index (χ2n) is 4.16. The largest absolute Gasteiger partial charge is 0.487 e. The molecule has 0 fully saturated rings. The molecule has 100 valence electrons. The Bertz CT molecular complexity index is 560. The average molecular weight is 341 g/mol. The van der Waals surface area contributed by atoms with E-state index in [0.717, 1.165) is 16.6 Å². The Morgan fingerprint density at radius 3 is 2.63 bits per heavy atom. The lowest BCUT2D eigenvalue weighted by molar-refractivity contribution is 0.305. The number of benzene rings is 2. The van der Waals surface area contributed by atoms with Crippen LogP contribution in [-0.2, 0) is 13.2 Å². The van der Waals surface area contributed by atoms with E-state index in [2.05, 4.69) is 33.4 Å². The van der Waals surface area contributed by atoms with Crippen LogP contribution < -0.4 is 10.1 Å². The smallest absolute Gasteiger partial charge is 0.139 e. The zero-order chi connectivity index (χ0) is 13.7. The molecule has 0 radical (unpaired) electrons. The molecular weight excluding hydrogens is 326 g/mol. The summed E-state index contributed by atoms with van der Waals surface area (Å²) >= 11 is 9.52. The quantitative estimate of drug-likeness (QED) is 0.871. The minimum atomic E-state index is 0.508. The van der Waals surface area contributed by atoms with Crippen molar-refractivity contribution in [1.82, 2.24) is 5.32 Å². The molecule has 0 aromatic heterocycles. The van der Waals surface area contributed by atoms with E-state index >= 15 is 0 Å². The zero-order valence-corrected chi connectivity index (χ0v) is 13.0. The van der Waals surface area contributed by atoms with Crippen molar-refractivity contribution in [1.29, 1.82) is 0 Å². The fourth-order valence-corrected chi connectivity index (χ4v) is 2.32. The molecule has 2 aromatic rings. The summed E-state index contributed by atoms with van der Waals surface area (Å²) in [5.41, 5.74) is 2.39. The van der Waals surface area contributed by atoms with Crippen LogP contribution in [-0.4, -0.2) is 7.05 Å². The van der Waals surface area contributed by atoms with E-state index in [1.165, 1.54) is 5.56 Å². The maximum absolute atomic E-state index is 6.11. The van der Waals surface area contributed by atoms with Gasteiger partial charge >= 0.3 is 0 Å². The van der Waals surface area contributed by atoms with Gasteiger partial charge < -0.3 is 10.1 Å². The maximum atomic E-state index is 6.11. The SMILES string of the molecule is CNCc1ccccc1COc1cc(Br)ccc1Cl. The van der Waals surface area contributed by atoms with Crippen molar-refractivity contribution in [3.63, 3.8) is 0 Å². The highest BCUT2D eigenvalue weighted by Crippen LogP contribution is 2.28. The van der Waals surface area contributed by atoms with Gasteiger partial charge in [-0.15, -0.1) is 0 Å². The Morgan fingerprint density at radius 1 is 1.16 bits per heavy atom. The van der Waals surface area contributed by atoms with Crippen LogP contribution in [0.3, 0.4) is 0 Å². The fourth-order valence-electron chi connectivity index (χ4n) is 1.80.